The molecule has 2 amide bonds. The van der Waals surface area contributed by atoms with E-state index in [0.717, 1.165) is 4.47 Å². The second-order valence-corrected chi connectivity index (χ2v) is 9.25. The highest BCUT2D eigenvalue weighted by Crippen LogP contribution is 2.13. The van der Waals surface area contributed by atoms with E-state index in [2.05, 4.69) is 21.2 Å². The standard InChI is InChI=1S/C18H20BrN3O5S/c19-15-4-1-3-14(13-15)17(23)20-6-12-28(25,26)22-9-7-21(8-10-22)18(24)16-5-2-11-27-16/h1-5,11,13H,6-10,12H2,(H,20,23). The van der Waals surface area contributed by atoms with E-state index in [9.17, 15) is 18.0 Å². The molecule has 0 bridgehead atoms. The number of carbonyl (C=O) groups excluding carboxylic acids is 2. The maximum absolute atomic E-state index is 12.5. The Kier molecular flexibility index (Phi) is 6.53. The van der Waals surface area contributed by atoms with E-state index in [0.29, 0.717) is 18.7 Å². The van der Waals surface area contributed by atoms with Gasteiger partial charge < -0.3 is 14.6 Å². The first-order valence-electron chi connectivity index (χ1n) is 8.71. The molecule has 1 saturated heterocycles. The Balaban J connectivity index is 1.47. The first-order chi connectivity index (χ1) is 13.4. The average Bonchev–Trinajstić information content (AvgIpc) is 3.22. The van der Waals surface area contributed by atoms with Gasteiger partial charge in [-0.2, -0.15) is 4.31 Å². The van der Waals surface area contributed by atoms with Crippen molar-refractivity contribution in [2.45, 2.75) is 0 Å². The summed E-state index contributed by atoms with van der Waals surface area (Å²) in [5.74, 6) is -0.529. The first-order valence-corrected chi connectivity index (χ1v) is 11.1. The summed E-state index contributed by atoms with van der Waals surface area (Å²) in [5.41, 5.74) is 0.455. The Morgan fingerprint density at radius 2 is 1.86 bits per heavy atom. The third-order valence-electron chi connectivity index (χ3n) is 4.38. The van der Waals surface area contributed by atoms with Gasteiger partial charge in [0.1, 0.15) is 0 Å². The Morgan fingerprint density at radius 1 is 1.11 bits per heavy atom. The smallest absolute Gasteiger partial charge is 0.289 e. The van der Waals surface area contributed by atoms with E-state index in [4.69, 9.17) is 4.42 Å². The molecule has 0 unspecified atom stereocenters. The number of amides is 2. The average molecular weight is 470 g/mol. The topological polar surface area (TPSA) is 99.9 Å². The number of nitrogens with zero attached hydrogens (tertiary/aromatic N) is 2. The molecule has 1 aliphatic rings. The summed E-state index contributed by atoms with van der Waals surface area (Å²) in [6.45, 7) is 1.04. The van der Waals surface area contributed by atoms with E-state index in [1.807, 2.05) is 0 Å². The second-order valence-electron chi connectivity index (χ2n) is 6.25. The van der Waals surface area contributed by atoms with E-state index in [1.54, 1.807) is 41.3 Å². The van der Waals surface area contributed by atoms with Crippen LogP contribution in [0, 0.1) is 0 Å². The van der Waals surface area contributed by atoms with Gasteiger partial charge in [-0.1, -0.05) is 22.0 Å². The van der Waals surface area contributed by atoms with E-state index in [1.165, 1.54) is 10.6 Å². The van der Waals surface area contributed by atoms with Gasteiger partial charge in [0.2, 0.25) is 10.0 Å². The van der Waals surface area contributed by atoms with Crippen molar-refractivity contribution in [3.05, 3.63) is 58.5 Å². The number of carbonyl (C=O) groups is 2. The zero-order valence-corrected chi connectivity index (χ0v) is 17.4. The Labute approximate surface area is 171 Å². The largest absolute Gasteiger partial charge is 0.459 e. The summed E-state index contributed by atoms with van der Waals surface area (Å²) >= 11 is 3.29. The van der Waals surface area contributed by atoms with Crippen LogP contribution < -0.4 is 5.32 Å². The van der Waals surface area contributed by atoms with Crippen molar-refractivity contribution in [1.29, 1.82) is 0 Å². The van der Waals surface area contributed by atoms with Gasteiger partial charge in [-0.15, -0.1) is 0 Å². The second kappa shape index (κ2) is 8.89. The number of hydrogen-bond acceptors (Lipinski definition) is 5. The molecule has 0 radical (unpaired) electrons. The van der Waals surface area contributed by atoms with Crippen molar-refractivity contribution in [3.8, 4) is 0 Å². The van der Waals surface area contributed by atoms with Crippen LogP contribution in [-0.4, -0.2) is 67.9 Å². The highest BCUT2D eigenvalue weighted by molar-refractivity contribution is 9.10. The maximum atomic E-state index is 12.5. The minimum Gasteiger partial charge on any atom is -0.459 e. The summed E-state index contributed by atoms with van der Waals surface area (Å²) in [6.07, 6.45) is 1.43. The number of sulfonamides is 1. The lowest BCUT2D eigenvalue weighted by atomic mass is 10.2. The van der Waals surface area contributed by atoms with Crippen LogP contribution in [0.2, 0.25) is 0 Å². The summed E-state index contributed by atoms with van der Waals surface area (Å²) in [7, 11) is -3.52. The molecular formula is C18H20BrN3O5S. The number of hydrogen-bond donors (Lipinski definition) is 1. The van der Waals surface area contributed by atoms with Crippen LogP contribution in [0.3, 0.4) is 0 Å². The van der Waals surface area contributed by atoms with E-state index in [-0.39, 0.29) is 43.0 Å². The fourth-order valence-corrected chi connectivity index (χ4v) is 4.62. The molecule has 1 aliphatic heterocycles. The maximum Gasteiger partial charge on any atom is 0.289 e. The predicted molar refractivity (Wildman–Crippen MR) is 106 cm³/mol. The lowest BCUT2D eigenvalue weighted by Crippen LogP contribution is -2.51. The molecule has 10 heteroatoms. The molecule has 150 valence electrons. The lowest BCUT2D eigenvalue weighted by molar-refractivity contribution is 0.0665. The summed E-state index contributed by atoms with van der Waals surface area (Å²) in [5, 5.41) is 2.62. The minimum atomic E-state index is -3.52. The summed E-state index contributed by atoms with van der Waals surface area (Å²) < 4.78 is 32.2. The lowest BCUT2D eigenvalue weighted by Gasteiger charge is -2.33. The molecule has 3 rings (SSSR count). The number of benzene rings is 1. The molecule has 0 spiro atoms. The van der Waals surface area contributed by atoms with Crippen LogP contribution in [0.1, 0.15) is 20.9 Å². The molecule has 0 aliphatic carbocycles. The number of halogens is 1. The van der Waals surface area contributed by atoms with Gasteiger partial charge in [0.05, 0.1) is 12.0 Å². The van der Waals surface area contributed by atoms with Crippen molar-refractivity contribution in [3.63, 3.8) is 0 Å². The van der Waals surface area contributed by atoms with Gasteiger partial charge in [-0.25, -0.2) is 8.42 Å². The third kappa shape index (κ3) is 5.00. The SMILES string of the molecule is O=C(NCCS(=O)(=O)N1CCN(C(=O)c2ccco2)CC1)c1cccc(Br)c1. The Morgan fingerprint density at radius 3 is 2.50 bits per heavy atom. The fourth-order valence-electron chi connectivity index (χ4n) is 2.88. The van der Waals surface area contributed by atoms with Crippen LogP contribution in [-0.2, 0) is 10.0 Å². The van der Waals surface area contributed by atoms with E-state index < -0.39 is 10.0 Å². The van der Waals surface area contributed by atoms with Gasteiger partial charge >= 0.3 is 0 Å². The first kappa shape index (κ1) is 20.6. The van der Waals surface area contributed by atoms with Crippen LogP contribution in [0.5, 0.6) is 0 Å². The number of rotatable bonds is 6. The summed E-state index contributed by atoms with van der Waals surface area (Å²) in [6, 6.07) is 10.1. The molecule has 8 nitrogen and oxygen atoms in total. The molecule has 1 fully saturated rings. The van der Waals surface area contributed by atoms with Crippen molar-refractivity contribution in [2.75, 3.05) is 38.5 Å². The molecule has 0 saturated carbocycles. The predicted octanol–water partition coefficient (Wildman–Crippen LogP) is 1.56. The number of nitrogens with one attached hydrogen (secondary N) is 1. The molecule has 1 aromatic carbocycles. The van der Waals surface area contributed by atoms with Crippen LogP contribution in [0.25, 0.3) is 0 Å². The van der Waals surface area contributed by atoms with E-state index >= 15 is 0 Å². The minimum absolute atomic E-state index is 0.0131. The van der Waals surface area contributed by atoms with Crippen LogP contribution >= 0.6 is 15.9 Å². The van der Waals surface area contributed by atoms with Crippen LogP contribution in [0.15, 0.2) is 51.6 Å². The van der Waals surface area contributed by atoms with Gasteiger partial charge in [0, 0.05) is 42.8 Å². The summed E-state index contributed by atoms with van der Waals surface area (Å²) in [4.78, 5) is 25.9. The quantitative estimate of drug-likeness (QED) is 0.691. The van der Waals surface area contributed by atoms with Crippen molar-refractivity contribution < 1.29 is 22.4 Å². The molecule has 28 heavy (non-hydrogen) atoms. The number of piperazine rings is 1. The Bertz CT molecular complexity index is 938. The van der Waals surface area contributed by atoms with Crippen LogP contribution in [0.4, 0.5) is 0 Å². The van der Waals surface area contributed by atoms with Gasteiger partial charge in [0.25, 0.3) is 11.8 Å². The Hall–Kier alpha value is -2.17. The fraction of sp³-hybridized carbons (Fsp3) is 0.333. The highest BCUT2D eigenvalue weighted by Gasteiger charge is 2.29. The third-order valence-corrected chi connectivity index (χ3v) is 6.75. The monoisotopic (exact) mass is 469 g/mol. The van der Waals surface area contributed by atoms with Crippen molar-refractivity contribution in [2.24, 2.45) is 0 Å². The molecule has 2 aromatic rings. The zero-order chi connectivity index (χ0) is 20.1. The number of furan rings is 1. The highest BCUT2D eigenvalue weighted by atomic mass is 79.9. The van der Waals surface area contributed by atoms with Gasteiger partial charge in [-0.3, -0.25) is 9.59 Å². The normalized spacial score (nSPS) is 15.4. The molecule has 1 aromatic heterocycles. The molecule has 2 heterocycles. The molecular weight excluding hydrogens is 450 g/mol. The van der Waals surface area contributed by atoms with Crippen molar-refractivity contribution >= 4 is 37.8 Å². The van der Waals surface area contributed by atoms with Gasteiger partial charge in [-0.05, 0) is 30.3 Å². The van der Waals surface area contributed by atoms with Crippen molar-refractivity contribution in [1.82, 2.24) is 14.5 Å². The van der Waals surface area contributed by atoms with Gasteiger partial charge in [0.15, 0.2) is 5.76 Å². The molecule has 1 N–H and O–H groups in total. The zero-order valence-electron chi connectivity index (χ0n) is 15.0. The molecule has 0 atom stereocenters.